The highest BCUT2D eigenvalue weighted by atomic mass is 28.3. The summed E-state index contributed by atoms with van der Waals surface area (Å²) < 4.78 is 0. The van der Waals surface area contributed by atoms with Crippen molar-refractivity contribution in [3.05, 3.63) is 273 Å². The summed E-state index contributed by atoms with van der Waals surface area (Å²) in [7, 11) is -2.68. The molecule has 0 bridgehead atoms. The molecule has 0 aliphatic carbocycles. The van der Waals surface area contributed by atoms with Crippen molar-refractivity contribution in [2.24, 2.45) is 0 Å². The Hall–Kier alpha value is -7.78. The second kappa shape index (κ2) is 17.4. The fourth-order valence-electron chi connectivity index (χ4n) is 9.06. The monoisotopic (exact) mass is 807 g/mol. The highest BCUT2D eigenvalue weighted by molar-refractivity contribution is 7.19. The number of nitrogens with zero attached hydrogens (tertiary/aromatic N) is 1. The highest BCUT2D eigenvalue weighted by Crippen LogP contribution is 2.39. The SMILES string of the molecule is c1ccc(-c2ccc(N(c3ccc(-c4ccc(-c5ccccc5)c(-c5ccccc5)c4)cc3)c3ccc([Si](c4ccccc4)(c4ccccc4)c4ccccc4)cc3)cc2)cc1. The fraction of sp³-hybridized carbons (Fsp3) is 0. The molecule has 294 valence electrons. The Labute approximate surface area is 366 Å². The molecular formula is C60H45NSi. The Morgan fingerprint density at radius 1 is 0.210 bits per heavy atom. The second-order valence-corrected chi connectivity index (χ2v) is 19.5. The van der Waals surface area contributed by atoms with E-state index in [1.165, 1.54) is 65.3 Å². The molecule has 10 aromatic carbocycles. The van der Waals surface area contributed by atoms with Gasteiger partial charge in [-0.15, -0.1) is 0 Å². The molecule has 0 unspecified atom stereocenters. The smallest absolute Gasteiger partial charge is 0.179 e. The first kappa shape index (κ1) is 38.4. The number of hydrogen-bond acceptors (Lipinski definition) is 1. The maximum Gasteiger partial charge on any atom is 0.179 e. The average Bonchev–Trinajstić information content (AvgIpc) is 3.37. The van der Waals surface area contributed by atoms with Crippen molar-refractivity contribution >= 4 is 45.9 Å². The number of rotatable bonds is 11. The Bertz CT molecular complexity index is 2890. The standard InChI is InChI=1S/C60H45NSi/c1-7-19-46(20-8-1)47-31-36-52(37-32-47)61(53-38-33-48(34-39-53)51-35-44-59(49-21-9-2-10-22-49)60(45-51)50-23-11-3-12-24-50)54-40-42-58(43-41-54)62(55-25-13-4-14-26-55,56-27-15-5-16-28-56)57-29-17-6-18-30-57/h1-45H. The van der Waals surface area contributed by atoms with Gasteiger partial charge in [-0.1, -0.05) is 231 Å². The fourth-order valence-corrected chi connectivity index (χ4v) is 13.8. The van der Waals surface area contributed by atoms with Crippen LogP contribution in [0.2, 0.25) is 0 Å². The van der Waals surface area contributed by atoms with Crippen molar-refractivity contribution in [1.82, 2.24) is 0 Å². The first-order valence-electron chi connectivity index (χ1n) is 21.3. The van der Waals surface area contributed by atoms with E-state index in [-0.39, 0.29) is 0 Å². The van der Waals surface area contributed by atoms with Crippen molar-refractivity contribution < 1.29 is 0 Å². The molecule has 10 rings (SSSR count). The molecule has 0 spiro atoms. The van der Waals surface area contributed by atoms with Gasteiger partial charge in [-0.05, 0) is 108 Å². The van der Waals surface area contributed by atoms with Gasteiger partial charge in [0.2, 0.25) is 0 Å². The molecule has 0 radical (unpaired) electrons. The van der Waals surface area contributed by atoms with Gasteiger partial charge >= 0.3 is 0 Å². The zero-order chi connectivity index (χ0) is 41.6. The zero-order valence-electron chi connectivity index (χ0n) is 34.4. The van der Waals surface area contributed by atoms with E-state index in [0.29, 0.717) is 0 Å². The molecule has 0 aromatic heterocycles. The van der Waals surface area contributed by atoms with Crippen LogP contribution in [0.25, 0.3) is 44.5 Å². The summed E-state index contributed by atoms with van der Waals surface area (Å²) in [5, 5.41) is 5.43. The van der Waals surface area contributed by atoms with E-state index in [1.54, 1.807) is 0 Å². The predicted octanol–water partition coefficient (Wildman–Crippen LogP) is 13.2. The van der Waals surface area contributed by atoms with Gasteiger partial charge < -0.3 is 4.90 Å². The first-order chi connectivity index (χ1) is 30.8. The molecule has 0 aliphatic rings. The minimum atomic E-state index is -2.68. The molecule has 0 saturated heterocycles. The van der Waals surface area contributed by atoms with E-state index in [9.17, 15) is 0 Å². The Kier molecular flexibility index (Phi) is 10.8. The van der Waals surface area contributed by atoms with Crippen molar-refractivity contribution in [3.8, 4) is 44.5 Å². The lowest BCUT2D eigenvalue weighted by atomic mass is 9.91. The van der Waals surface area contributed by atoms with E-state index < -0.39 is 8.07 Å². The topological polar surface area (TPSA) is 3.24 Å². The average molecular weight is 808 g/mol. The van der Waals surface area contributed by atoms with Crippen LogP contribution in [0.4, 0.5) is 17.1 Å². The number of anilines is 3. The van der Waals surface area contributed by atoms with Gasteiger partial charge in [0.05, 0.1) is 0 Å². The van der Waals surface area contributed by atoms with E-state index in [0.717, 1.165) is 17.1 Å². The van der Waals surface area contributed by atoms with Gasteiger partial charge in [-0.25, -0.2) is 0 Å². The highest BCUT2D eigenvalue weighted by Gasteiger charge is 2.41. The van der Waals surface area contributed by atoms with Crippen LogP contribution in [-0.2, 0) is 0 Å². The molecular weight excluding hydrogens is 763 g/mol. The normalized spacial score (nSPS) is 11.2. The Balaban J connectivity index is 1.08. The van der Waals surface area contributed by atoms with Crippen molar-refractivity contribution in [2.75, 3.05) is 4.90 Å². The van der Waals surface area contributed by atoms with Crippen LogP contribution >= 0.6 is 0 Å². The van der Waals surface area contributed by atoms with E-state index >= 15 is 0 Å². The van der Waals surface area contributed by atoms with Crippen LogP contribution in [0.5, 0.6) is 0 Å². The van der Waals surface area contributed by atoms with Crippen molar-refractivity contribution in [1.29, 1.82) is 0 Å². The lowest BCUT2D eigenvalue weighted by Gasteiger charge is -2.35. The molecule has 10 aromatic rings. The molecule has 0 aliphatic heterocycles. The summed E-state index contributed by atoms with van der Waals surface area (Å²) in [6.07, 6.45) is 0. The van der Waals surface area contributed by atoms with Crippen LogP contribution < -0.4 is 25.6 Å². The molecule has 0 atom stereocenters. The molecule has 0 heterocycles. The van der Waals surface area contributed by atoms with Gasteiger partial charge in [0.25, 0.3) is 0 Å². The number of hydrogen-bond donors (Lipinski definition) is 0. The molecule has 0 saturated carbocycles. The van der Waals surface area contributed by atoms with E-state index in [1.807, 2.05) is 0 Å². The van der Waals surface area contributed by atoms with Crippen LogP contribution in [0.15, 0.2) is 273 Å². The lowest BCUT2D eigenvalue weighted by Crippen LogP contribution is -2.74. The summed E-state index contributed by atoms with van der Waals surface area (Å²) in [6.45, 7) is 0. The van der Waals surface area contributed by atoms with Crippen molar-refractivity contribution in [3.63, 3.8) is 0 Å². The number of benzene rings is 10. The Morgan fingerprint density at radius 3 is 0.919 bits per heavy atom. The Morgan fingerprint density at radius 2 is 0.500 bits per heavy atom. The zero-order valence-corrected chi connectivity index (χ0v) is 35.4. The van der Waals surface area contributed by atoms with E-state index in [2.05, 4.69) is 278 Å². The third kappa shape index (κ3) is 7.49. The second-order valence-electron chi connectivity index (χ2n) is 15.7. The summed E-state index contributed by atoms with van der Waals surface area (Å²) in [6, 6.07) is 99.7. The predicted molar refractivity (Wildman–Crippen MR) is 266 cm³/mol. The third-order valence-electron chi connectivity index (χ3n) is 12.1. The van der Waals surface area contributed by atoms with Gasteiger partial charge in [0.15, 0.2) is 8.07 Å². The van der Waals surface area contributed by atoms with Gasteiger partial charge in [-0.3, -0.25) is 0 Å². The summed E-state index contributed by atoms with van der Waals surface area (Å²) >= 11 is 0. The summed E-state index contributed by atoms with van der Waals surface area (Å²) in [5.74, 6) is 0. The van der Waals surface area contributed by atoms with Crippen LogP contribution in [0.3, 0.4) is 0 Å². The molecule has 62 heavy (non-hydrogen) atoms. The van der Waals surface area contributed by atoms with Crippen LogP contribution in [0, 0.1) is 0 Å². The minimum absolute atomic E-state index is 1.09. The minimum Gasteiger partial charge on any atom is -0.311 e. The summed E-state index contributed by atoms with van der Waals surface area (Å²) in [4.78, 5) is 2.38. The van der Waals surface area contributed by atoms with Gasteiger partial charge in [0.1, 0.15) is 0 Å². The molecule has 0 N–H and O–H groups in total. The molecule has 0 fully saturated rings. The maximum absolute atomic E-state index is 2.68. The van der Waals surface area contributed by atoms with E-state index in [4.69, 9.17) is 0 Å². The molecule has 2 heteroatoms. The largest absolute Gasteiger partial charge is 0.311 e. The maximum atomic E-state index is 2.38. The van der Waals surface area contributed by atoms with Crippen molar-refractivity contribution in [2.45, 2.75) is 0 Å². The quantitative estimate of drug-likeness (QED) is 0.0929. The molecule has 1 nitrogen and oxygen atoms in total. The summed E-state index contributed by atoms with van der Waals surface area (Å²) in [5.41, 5.74) is 12.9. The van der Waals surface area contributed by atoms with Gasteiger partial charge in [-0.2, -0.15) is 0 Å². The van der Waals surface area contributed by atoms with Crippen LogP contribution in [-0.4, -0.2) is 8.07 Å². The van der Waals surface area contributed by atoms with Gasteiger partial charge in [0, 0.05) is 17.1 Å². The van der Waals surface area contributed by atoms with Crippen LogP contribution in [0.1, 0.15) is 0 Å². The lowest BCUT2D eigenvalue weighted by molar-refractivity contribution is 1.28. The molecule has 0 amide bonds. The first-order valence-corrected chi connectivity index (χ1v) is 23.3. The third-order valence-corrected chi connectivity index (χ3v) is 16.9.